The molecular formula is C47H62N6O. The Bertz CT molecular complexity index is 1940. The number of nitrogens with zero attached hydrogens (tertiary/aromatic N) is 3. The van der Waals surface area contributed by atoms with E-state index in [2.05, 4.69) is 74.7 Å². The van der Waals surface area contributed by atoms with Crippen molar-refractivity contribution in [3.05, 3.63) is 149 Å². The van der Waals surface area contributed by atoms with E-state index in [1.165, 1.54) is 48.0 Å². The Morgan fingerprint density at radius 1 is 1.00 bits per heavy atom. The lowest BCUT2D eigenvalue weighted by Crippen LogP contribution is -2.26. The lowest BCUT2D eigenvalue weighted by molar-refractivity contribution is 0.730. The van der Waals surface area contributed by atoms with E-state index < -0.39 is 0 Å². The van der Waals surface area contributed by atoms with Crippen LogP contribution in [0.3, 0.4) is 0 Å². The van der Waals surface area contributed by atoms with Crippen LogP contribution >= 0.6 is 0 Å². The second-order valence-corrected chi connectivity index (χ2v) is 13.7. The molecule has 2 aliphatic rings. The molecule has 4 aromatic rings. The SMILES string of the molecule is C=CCn1c(C2=CC=CCC2)ncc(-c2ccc(-c3ccccc3)c(N)c2)c1=O.CCC(C)c1ccncc1/C=C(\C)CNC.CCCC.NC=C1CC1. The average Bonchev–Trinajstić information content (AvgIpc) is 4.05. The van der Waals surface area contributed by atoms with Crippen LogP contribution in [0, 0.1) is 0 Å². The molecule has 1 atom stereocenters. The molecule has 2 aromatic heterocycles. The summed E-state index contributed by atoms with van der Waals surface area (Å²) in [5.41, 5.74) is 21.7. The van der Waals surface area contributed by atoms with Gasteiger partial charge < -0.3 is 16.8 Å². The zero-order valence-electron chi connectivity index (χ0n) is 33.4. The maximum absolute atomic E-state index is 13.3. The van der Waals surface area contributed by atoms with E-state index in [0.717, 1.165) is 48.1 Å². The van der Waals surface area contributed by atoms with Crippen LogP contribution < -0.4 is 22.3 Å². The third-order valence-corrected chi connectivity index (χ3v) is 9.27. The number of allylic oxidation sites excluding steroid dienone is 6. The van der Waals surface area contributed by atoms with Crippen LogP contribution in [0.5, 0.6) is 0 Å². The highest BCUT2D eigenvalue weighted by Crippen LogP contribution is 2.30. The van der Waals surface area contributed by atoms with E-state index in [9.17, 15) is 4.79 Å². The highest BCUT2D eigenvalue weighted by molar-refractivity contribution is 5.81. The molecule has 6 rings (SSSR count). The Morgan fingerprint density at radius 3 is 2.30 bits per heavy atom. The van der Waals surface area contributed by atoms with Gasteiger partial charge in [-0.1, -0.05) is 125 Å². The Hall–Kier alpha value is -5.27. The monoisotopic (exact) mass is 726 g/mol. The van der Waals surface area contributed by atoms with Crippen LogP contribution in [0.4, 0.5) is 5.69 Å². The predicted molar refractivity (Wildman–Crippen MR) is 233 cm³/mol. The molecule has 0 aliphatic heterocycles. The van der Waals surface area contributed by atoms with Gasteiger partial charge in [0.15, 0.2) is 0 Å². The lowest BCUT2D eigenvalue weighted by Gasteiger charge is -2.16. The first-order valence-electron chi connectivity index (χ1n) is 19.4. The number of nitrogens with one attached hydrogen (secondary N) is 1. The number of unbranched alkanes of at least 4 members (excludes halogenated alkanes) is 1. The van der Waals surface area contributed by atoms with Crippen molar-refractivity contribution >= 4 is 17.3 Å². The zero-order valence-corrected chi connectivity index (χ0v) is 33.4. The number of nitrogens with two attached hydrogens (primary N) is 2. The predicted octanol–water partition coefficient (Wildman–Crippen LogP) is 10.7. The van der Waals surface area contributed by atoms with E-state index in [0.29, 0.717) is 29.5 Å². The van der Waals surface area contributed by atoms with Crippen LogP contribution in [-0.2, 0) is 6.54 Å². The fraction of sp³-hybridized carbons (Fsp3) is 0.340. The first-order valence-corrected chi connectivity index (χ1v) is 19.4. The van der Waals surface area contributed by atoms with Crippen molar-refractivity contribution in [1.29, 1.82) is 0 Å². The number of likely N-dealkylation sites (N-methyl/N-ethyl adjacent to an activating group) is 1. The Morgan fingerprint density at radius 2 is 1.74 bits per heavy atom. The van der Waals surface area contributed by atoms with Crippen LogP contribution in [0.15, 0.2) is 126 Å². The minimum absolute atomic E-state index is 0.0859. The molecule has 0 radical (unpaired) electrons. The quantitative estimate of drug-likeness (QED) is 0.105. The van der Waals surface area contributed by atoms with Gasteiger partial charge in [-0.25, -0.2) is 4.98 Å². The fourth-order valence-corrected chi connectivity index (χ4v) is 5.69. The standard InChI is InChI=1S/C25H23N3O.C14H22N2.C4H7N.C4H10/c1-2-15-28-24(19-11-7-4-8-12-19)27-17-22(25(28)29)20-13-14-21(23(26)16-20)18-9-5-3-6-10-18;1-5-12(3)14-6-7-16-10-13(14)8-11(2)9-15-4;5-3-4-1-2-4;1-3-4-2/h2-7,9-11,13-14,16-17H,1,8,12,15,26H2;6-8,10,12,15H,5,9H2,1-4H3;3H,1-2,5H2;3-4H2,1-2H3/b;11-8+;;. The van der Waals surface area contributed by atoms with E-state index in [1.54, 1.807) is 23.0 Å². The van der Waals surface area contributed by atoms with Crippen molar-refractivity contribution in [2.45, 2.75) is 92.0 Å². The molecule has 1 unspecified atom stereocenters. The smallest absolute Gasteiger partial charge is 0.261 e. The number of hydrogen-bond donors (Lipinski definition) is 3. The van der Waals surface area contributed by atoms with Crippen LogP contribution in [-0.4, -0.2) is 28.1 Å². The van der Waals surface area contributed by atoms with Crippen molar-refractivity contribution in [2.24, 2.45) is 5.73 Å². The molecule has 2 heterocycles. The first kappa shape index (κ1) is 43.1. The first-order chi connectivity index (χ1) is 26.2. The zero-order chi connectivity index (χ0) is 39.3. The summed E-state index contributed by atoms with van der Waals surface area (Å²) in [4.78, 5) is 22.1. The van der Waals surface area contributed by atoms with Gasteiger partial charge in [0.25, 0.3) is 5.56 Å². The van der Waals surface area contributed by atoms with Gasteiger partial charge in [0.05, 0.1) is 5.56 Å². The molecule has 1 saturated carbocycles. The summed E-state index contributed by atoms with van der Waals surface area (Å²) in [7, 11) is 1.97. The molecule has 2 aromatic carbocycles. The maximum atomic E-state index is 13.3. The molecule has 1 fully saturated rings. The minimum Gasteiger partial charge on any atom is -0.405 e. The number of anilines is 1. The van der Waals surface area contributed by atoms with Gasteiger partial charge in [0.1, 0.15) is 5.82 Å². The van der Waals surface area contributed by atoms with Gasteiger partial charge in [0, 0.05) is 42.9 Å². The summed E-state index contributed by atoms with van der Waals surface area (Å²) in [5, 5.41) is 3.16. The molecule has 0 bridgehead atoms. The number of aromatic nitrogens is 3. The molecule has 7 nitrogen and oxygen atoms in total. The fourth-order valence-electron chi connectivity index (χ4n) is 5.69. The van der Waals surface area contributed by atoms with Crippen LogP contribution in [0.25, 0.3) is 33.9 Å². The van der Waals surface area contributed by atoms with Gasteiger partial charge in [-0.15, -0.1) is 6.58 Å². The number of rotatable bonds is 11. The second-order valence-electron chi connectivity index (χ2n) is 13.7. The third kappa shape index (κ3) is 13.3. The van der Waals surface area contributed by atoms with E-state index in [1.807, 2.05) is 80.1 Å². The number of nitrogen functional groups attached to an aromatic ring is 1. The molecular weight excluding hydrogens is 665 g/mol. The normalized spacial score (nSPS) is 13.5. The Balaban J connectivity index is 0.000000261. The second kappa shape index (κ2) is 23.4. The van der Waals surface area contributed by atoms with E-state index in [-0.39, 0.29) is 5.56 Å². The molecule has 0 saturated heterocycles. The maximum Gasteiger partial charge on any atom is 0.261 e. The van der Waals surface area contributed by atoms with Crippen molar-refractivity contribution in [3.8, 4) is 22.3 Å². The van der Waals surface area contributed by atoms with Crippen molar-refractivity contribution in [3.63, 3.8) is 0 Å². The summed E-state index contributed by atoms with van der Waals surface area (Å²) in [6.07, 6.45) is 25.4. The Kier molecular flexibility index (Phi) is 18.7. The lowest BCUT2D eigenvalue weighted by atomic mass is 9.94. The summed E-state index contributed by atoms with van der Waals surface area (Å²) < 4.78 is 1.69. The van der Waals surface area contributed by atoms with Gasteiger partial charge in [-0.3, -0.25) is 14.3 Å². The molecule has 0 spiro atoms. The van der Waals surface area contributed by atoms with Gasteiger partial charge in [-0.2, -0.15) is 0 Å². The van der Waals surface area contributed by atoms with E-state index >= 15 is 0 Å². The van der Waals surface area contributed by atoms with Gasteiger partial charge in [0.2, 0.25) is 0 Å². The highest BCUT2D eigenvalue weighted by Gasteiger charge is 2.16. The summed E-state index contributed by atoms with van der Waals surface area (Å²) in [6, 6.07) is 17.8. The van der Waals surface area contributed by atoms with Crippen molar-refractivity contribution < 1.29 is 0 Å². The summed E-state index contributed by atoms with van der Waals surface area (Å²) in [6.45, 7) is 16.1. The number of hydrogen-bond acceptors (Lipinski definition) is 6. The largest absolute Gasteiger partial charge is 0.405 e. The highest BCUT2D eigenvalue weighted by atomic mass is 16.1. The van der Waals surface area contributed by atoms with Crippen molar-refractivity contribution in [1.82, 2.24) is 19.9 Å². The molecule has 286 valence electrons. The van der Waals surface area contributed by atoms with Crippen LogP contribution in [0.2, 0.25) is 0 Å². The number of pyridine rings is 1. The van der Waals surface area contributed by atoms with Crippen molar-refractivity contribution in [2.75, 3.05) is 19.3 Å². The topological polar surface area (TPSA) is 112 Å². The summed E-state index contributed by atoms with van der Waals surface area (Å²) >= 11 is 0. The van der Waals surface area contributed by atoms with Gasteiger partial charge >= 0.3 is 0 Å². The third-order valence-electron chi connectivity index (χ3n) is 9.27. The summed E-state index contributed by atoms with van der Waals surface area (Å²) in [5.74, 6) is 1.30. The van der Waals surface area contributed by atoms with Crippen LogP contribution in [0.1, 0.15) is 102 Å². The van der Waals surface area contributed by atoms with E-state index in [4.69, 9.17) is 11.5 Å². The average molecular weight is 727 g/mol. The molecule has 54 heavy (non-hydrogen) atoms. The molecule has 0 amide bonds. The molecule has 7 heteroatoms. The van der Waals surface area contributed by atoms with Gasteiger partial charge in [-0.05, 0) is 98.2 Å². The molecule has 5 N–H and O–H groups in total. The minimum atomic E-state index is -0.0859. The molecule has 2 aliphatic carbocycles. The number of benzene rings is 2. The Labute approximate surface area is 324 Å².